The summed E-state index contributed by atoms with van der Waals surface area (Å²) in [5.74, 6) is 0.0136. The molecule has 0 aromatic heterocycles. The van der Waals surface area contributed by atoms with E-state index in [0.29, 0.717) is 17.3 Å². The van der Waals surface area contributed by atoms with Crippen LogP contribution >= 0.6 is 0 Å². The maximum absolute atomic E-state index is 12.3. The highest BCUT2D eigenvalue weighted by molar-refractivity contribution is 5.97. The van der Waals surface area contributed by atoms with Gasteiger partial charge >= 0.3 is 0 Å². The summed E-state index contributed by atoms with van der Waals surface area (Å²) in [4.78, 5) is 14.9. The fraction of sp³-hybridized carbons (Fsp3) is 0.562. The van der Waals surface area contributed by atoms with Crippen LogP contribution in [0.1, 0.15) is 41.6 Å². The topological polar surface area (TPSA) is 58.4 Å². The first-order valence-corrected chi connectivity index (χ1v) is 7.55. The number of nitrogens with one attached hydrogen (secondary N) is 1. The van der Waals surface area contributed by atoms with Crippen LogP contribution in [-0.2, 0) is 0 Å². The molecule has 1 saturated carbocycles. The van der Waals surface area contributed by atoms with E-state index in [9.17, 15) is 4.79 Å². The van der Waals surface area contributed by atoms with Gasteiger partial charge in [0.2, 0.25) is 0 Å². The van der Waals surface area contributed by atoms with Gasteiger partial charge in [0.25, 0.3) is 5.91 Å². The highest BCUT2D eigenvalue weighted by atomic mass is 16.1. The van der Waals surface area contributed by atoms with Crippen molar-refractivity contribution in [2.45, 2.75) is 44.7 Å². The zero-order valence-electron chi connectivity index (χ0n) is 12.1. The van der Waals surface area contributed by atoms with Gasteiger partial charge in [-0.2, -0.15) is 0 Å². The van der Waals surface area contributed by atoms with Crippen molar-refractivity contribution < 1.29 is 4.79 Å². The molecule has 4 heteroatoms. The van der Waals surface area contributed by atoms with Crippen LogP contribution in [0.2, 0.25) is 0 Å². The third-order valence-corrected chi connectivity index (χ3v) is 4.55. The Labute approximate surface area is 120 Å². The number of rotatable bonds is 3. The van der Waals surface area contributed by atoms with Crippen LogP contribution in [0.5, 0.6) is 0 Å². The third-order valence-electron chi connectivity index (χ3n) is 4.55. The molecule has 1 aliphatic heterocycles. The number of anilines is 1. The van der Waals surface area contributed by atoms with Crippen molar-refractivity contribution in [3.8, 4) is 0 Å². The molecule has 4 nitrogen and oxygen atoms in total. The summed E-state index contributed by atoms with van der Waals surface area (Å²) in [6.07, 6.45) is 4.84. The summed E-state index contributed by atoms with van der Waals surface area (Å²) in [6, 6.07) is 6.66. The molecule has 1 heterocycles. The average Bonchev–Trinajstić information content (AvgIpc) is 3.27. The second-order valence-corrected chi connectivity index (χ2v) is 6.03. The second-order valence-electron chi connectivity index (χ2n) is 6.03. The molecular weight excluding hydrogens is 250 g/mol. The summed E-state index contributed by atoms with van der Waals surface area (Å²) in [6.45, 7) is 4.14. The average molecular weight is 273 g/mol. The Morgan fingerprint density at radius 1 is 1.25 bits per heavy atom. The number of amides is 1. The Hall–Kier alpha value is -1.55. The minimum Gasteiger partial charge on any atom is -0.398 e. The highest BCUT2D eigenvalue weighted by Crippen LogP contribution is 2.29. The van der Waals surface area contributed by atoms with Crippen LogP contribution in [0.4, 0.5) is 5.69 Å². The van der Waals surface area contributed by atoms with E-state index in [2.05, 4.69) is 10.2 Å². The normalized spacial score (nSPS) is 20.9. The number of piperidine rings is 1. The van der Waals surface area contributed by atoms with Crippen molar-refractivity contribution in [1.29, 1.82) is 0 Å². The largest absolute Gasteiger partial charge is 0.398 e. The van der Waals surface area contributed by atoms with Gasteiger partial charge in [-0.15, -0.1) is 0 Å². The molecule has 0 unspecified atom stereocenters. The molecule has 2 fully saturated rings. The Bertz CT molecular complexity index is 502. The van der Waals surface area contributed by atoms with E-state index in [1.807, 2.05) is 25.1 Å². The molecule has 3 rings (SSSR count). The van der Waals surface area contributed by atoms with Crippen molar-refractivity contribution >= 4 is 11.6 Å². The first kappa shape index (κ1) is 13.4. The summed E-state index contributed by atoms with van der Waals surface area (Å²) in [7, 11) is 0. The van der Waals surface area contributed by atoms with Crippen LogP contribution < -0.4 is 11.1 Å². The number of likely N-dealkylation sites (tertiary alicyclic amines) is 1. The Morgan fingerprint density at radius 3 is 2.60 bits per heavy atom. The molecule has 0 atom stereocenters. The van der Waals surface area contributed by atoms with Crippen LogP contribution in [0.15, 0.2) is 18.2 Å². The molecule has 0 radical (unpaired) electrons. The minimum absolute atomic E-state index is 0.0136. The molecule has 2 aliphatic rings. The molecule has 1 aliphatic carbocycles. The standard InChI is InChI=1S/C16H23N3O/c1-11-14(3-2-4-15(11)17)16(20)18-12-7-9-19(10-8-12)13-5-6-13/h2-4,12-13H,5-10,17H2,1H3,(H,18,20). The fourth-order valence-corrected chi connectivity index (χ4v) is 3.01. The van der Waals surface area contributed by atoms with Gasteiger partial charge in [-0.1, -0.05) is 6.07 Å². The lowest BCUT2D eigenvalue weighted by molar-refractivity contribution is 0.0908. The van der Waals surface area contributed by atoms with E-state index >= 15 is 0 Å². The van der Waals surface area contributed by atoms with Gasteiger partial charge in [-0.3, -0.25) is 4.79 Å². The first-order valence-electron chi connectivity index (χ1n) is 7.55. The lowest BCUT2D eigenvalue weighted by Gasteiger charge is -2.32. The van der Waals surface area contributed by atoms with E-state index in [-0.39, 0.29) is 5.91 Å². The minimum atomic E-state index is 0.0136. The van der Waals surface area contributed by atoms with Crippen molar-refractivity contribution in [2.75, 3.05) is 18.8 Å². The second kappa shape index (κ2) is 5.44. The van der Waals surface area contributed by atoms with E-state index in [4.69, 9.17) is 5.73 Å². The number of hydrogen-bond donors (Lipinski definition) is 2. The molecule has 0 spiro atoms. The van der Waals surface area contributed by atoms with Gasteiger partial charge in [0.05, 0.1) is 0 Å². The number of benzene rings is 1. The van der Waals surface area contributed by atoms with Gasteiger partial charge in [0, 0.05) is 36.4 Å². The zero-order valence-corrected chi connectivity index (χ0v) is 12.1. The van der Waals surface area contributed by atoms with E-state index in [1.54, 1.807) is 0 Å². The number of nitrogens with zero attached hydrogens (tertiary/aromatic N) is 1. The molecule has 1 saturated heterocycles. The van der Waals surface area contributed by atoms with Crippen molar-refractivity contribution in [3.05, 3.63) is 29.3 Å². The summed E-state index contributed by atoms with van der Waals surface area (Å²) < 4.78 is 0. The predicted molar refractivity (Wildman–Crippen MR) is 80.7 cm³/mol. The van der Waals surface area contributed by atoms with Crippen LogP contribution in [0.3, 0.4) is 0 Å². The summed E-state index contributed by atoms with van der Waals surface area (Å²) in [5, 5.41) is 3.16. The SMILES string of the molecule is Cc1c(N)cccc1C(=O)NC1CCN(C2CC2)CC1. The molecule has 20 heavy (non-hydrogen) atoms. The molecule has 1 amide bonds. The predicted octanol–water partition coefficient (Wildman–Crippen LogP) is 1.93. The van der Waals surface area contributed by atoms with Gasteiger partial charge in [-0.25, -0.2) is 0 Å². The van der Waals surface area contributed by atoms with Crippen molar-refractivity contribution in [3.63, 3.8) is 0 Å². The number of carbonyl (C=O) groups is 1. The first-order chi connectivity index (χ1) is 9.65. The molecule has 1 aromatic carbocycles. The van der Waals surface area contributed by atoms with E-state index in [0.717, 1.165) is 37.5 Å². The number of carbonyl (C=O) groups excluding carboxylic acids is 1. The van der Waals surface area contributed by atoms with Crippen LogP contribution in [0, 0.1) is 6.92 Å². The fourth-order valence-electron chi connectivity index (χ4n) is 3.01. The lowest BCUT2D eigenvalue weighted by Crippen LogP contribution is -2.45. The maximum atomic E-state index is 12.3. The molecule has 1 aromatic rings. The van der Waals surface area contributed by atoms with Gasteiger partial charge in [-0.05, 0) is 50.3 Å². The van der Waals surface area contributed by atoms with Gasteiger partial charge in [0.15, 0.2) is 0 Å². The van der Waals surface area contributed by atoms with Gasteiger partial charge in [0.1, 0.15) is 0 Å². The lowest BCUT2D eigenvalue weighted by atomic mass is 10.0. The third kappa shape index (κ3) is 2.80. The quantitative estimate of drug-likeness (QED) is 0.827. The van der Waals surface area contributed by atoms with Crippen LogP contribution in [-0.4, -0.2) is 36.0 Å². The Morgan fingerprint density at radius 2 is 1.95 bits per heavy atom. The van der Waals surface area contributed by atoms with Crippen LogP contribution in [0.25, 0.3) is 0 Å². The summed E-state index contributed by atoms with van der Waals surface area (Å²) in [5.41, 5.74) is 8.12. The van der Waals surface area contributed by atoms with Crippen molar-refractivity contribution in [1.82, 2.24) is 10.2 Å². The number of nitrogen functional groups attached to an aromatic ring is 1. The van der Waals surface area contributed by atoms with E-state index in [1.165, 1.54) is 12.8 Å². The Balaban J connectivity index is 1.57. The molecular formula is C16H23N3O. The smallest absolute Gasteiger partial charge is 0.251 e. The van der Waals surface area contributed by atoms with Gasteiger partial charge < -0.3 is 16.0 Å². The monoisotopic (exact) mass is 273 g/mol. The Kier molecular flexibility index (Phi) is 3.66. The molecule has 108 valence electrons. The van der Waals surface area contributed by atoms with E-state index < -0.39 is 0 Å². The number of hydrogen-bond acceptors (Lipinski definition) is 3. The summed E-state index contributed by atoms with van der Waals surface area (Å²) >= 11 is 0. The molecule has 0 bridgehead atoms. The maximum Gasteiger partial charge on any atom is 0.251 e. The molecule has 3 N–H and O–H groups in total. The number of nitrogens with two attached hydrogens (primary N) is 1. The van der Waals surface area contributed by atoms with Crippen molar-refractivity contribution in [2.24, 2.45) is 0 Å². The highest BCUT2D eigenvalue weighted by Gasteiger charge is 2.32. The zero-order chi connectivity index (χ0) is 14.1.